The van der Waals surface area contributed by atoms with E-state index in [1.807, 2.05) is 24.1 Å². The lowest BCUT2D eigenvalue weighted by Crippen LogP contribution is -2.40. The minimum absolute atomic E-state index is 0.144. The third-order valence-corrected chi connectivity index (χ3v) is 6.09. The Hall–Kier alpha value is -1.43. The number of hydrogen-bond donors (Lipinski definition) is 1. The van der Waals surface area contributed by atoms with Gasteiger partial charge < -0.3 is 19.9 Å². The van der Waals surface area contributed by atoms with E-state index >= 15 is 0 Å². The fraction of sp³-hybridized carbons (Fsp3) is 0.682. The SMILES string of the molecule is COCCN1CCC(CN(C)C(=O)c2ccc(CC3CCNC3)cc2)CC1. The van der Waals surface area contributed by atoms with E-state index in [1.165, 1.54) is 12.0 Å². The average Bonchev–Trinajstić information content (AvgIpc) is 3.20. The first-order chi connectivity index (χ1) is 13.2. The van der Waals surface area contributed by atoms with Crippen molar-refractivity contribution in [3.8, 4) is 0 Å². The summed E-state index contributed by atoms with van der Waals surface area (Å²) in [5, 5.41) is 3.42. The Kier molecular flexibility index (Phi) is 7.68. The van der Waals surface area contributed by atoms with Gasteiger partial charge in [0.15, 0.2) is 0 Å². The molecule has 2 aliphatic rings. The van der Waals surface area contributed by atoms with Gasteiger partial charge in [-0.15, -0.1) is 0 Å². The first-order valence-electron chi connectivity index (χ1n) is 10.4. The third kappa shape index (κ3) is 6.03. The first kappa shape index (κ1) is 20.3. The minimum Gasteiger partial charge on any atom is -0.383 e. The normalized spacial score (nSPS) is 21.5. The summed E-state index contributed by atoms with van der Waals surface area (Å²) in [7, 11) is 3.70. The van der Waals surface area contributed by atoms with Gasteiger partial charge in [-0.05, 0) is 81.4 Å². The van der Waals surface area contributed by atoms with Gasteiger partial charge in [0, 0.05) is 32.8 Å². The van der Waals surface area contributed by atoms with Crippen molar-refractivity contribution in [3.05, 3.63) is 35.4 Å². The number of ether oxygens (including phenoxy) is 1. The van der Waals surface area contributed by atoms with Gasteiger partial charge in [0.2, 0.25) is 0 Å². The first-order valence-corrected chi connectivity index (χ1v) is 10.4. The van der Waals surface area contributed by atoms with Crippen molar-refractivity contribution < 1.29 is 9.53 Å². The maximum absolute atomic E-state index is 12.8. The highest BCUT2D eigenvalue weighted by molar-refractivity contribution is 5.94. The van der Waals surface area contributed by atoms with Crippen molar-refractivity contribution in [2.75, 3.05) is 60.0 Å². The summed E-state index contributed by atoms with van der Waals surface area (Å²) in [5.74, 6) is 1.49. The van der Waals surface area contributed by atoms with Gasteiger partial charge in [0.05, 0.1) is 6.61 Å². The van der Waals surface area contributed by atoms with Gasteiger partial charge in [0.25, 0.3) is 5.91 Å². The zero-order valence-corrected chi connectivity index (χ0v) is 17.0. The molecule has 27 heavy (non-hydrogen) atoms. The summed E-state index contributed by atoms with van der Waals surface area (Å²) in [6, 6.07) is 8.27. The van der Waals surface area contributed by atoms with Crippen LogP contribution in [-0.4, -0.2) is 75.7 Å². The van der Waals surface area contributed by atoms with E-state index in [1.54, 1.807) is 7.11 Å². The van der Waals surface area contributed by atoms with Crippen LogP contribution in [0.25, 0.3) is 0 Å². The molecule has 5 nitrogen and oxygen atoms in total. The lowest BCUT2D eigenvalue weighted by atomic mass is 9.95. The maximum atomic E-state index is 12.8. The number of piperidine rings is 1. The number of carbonyl (C=O) groups excluding carboxylic acids is 1. The molecule has 0 spiro atoms. The molecule has 1 atom stereocenters. The Labute approximate surface area is 164 Å². The van der Waals surface area contributed by atoms with Gasteiger partial charge in [-0.1, -0.05) is 12.1 Å². The smallest absolute Gasteiger partial charge is 0.253 e. The molecule has 2 heterocycles. The number of likely N-dealkylation sites (tertiary alicyclic amines) is 1. The van der Waals surface area contributed by atoms with Crippen molar-refractivity contribution in [1.82, 2.24) is 15.1 Å². The van der Waals surface area contributed by atoms with Gasteiger partial charge in [-0.25, -0.2) is 0 Å². The van der Waals surface area contributed by atoms with Crippen molar-refractivity contribution in [2.24, 2.45) is 11.8 Å². The van der Waals surface area contributed by atoms with Crippen molar-refractivity contribution in [1.29, 1.82) is 0 Å². The number of amides is 1. The Morgan fingerprint density at radius 1 is 1.19 bits per heavy atom. The average molecular weight is 374 g/mol. The Bertz CT molecular complexity index is 576. The van der Waals surface area contributed by atoms with Crippen LogP contribution in [0.4, 0.5) is 0 Å². The van der Waals surface area contributed by atoms with Gasteiger partial charge >= 0.3 is 0 Å². The Morgan fingerprint density at radius 3 is 2.56 bits per heavy atom. The highest BCUT2D eigenvalue weighted by atomic mass is 16.5. The summed E-state index contributed by atoms with van der Waals surface area (Å²) >= 11 is 0. The second-order valence-electron chi connectivity index (χ2n) is 8.22. The van der Waals surface area contributed by atoms with Crippen LogP contribution in [0, 0.1) is 11.8 Å². The van der Waals surface area contributed by atoms with E-state index in [0.29, 0.717) is 5.92 Å². The molecule has 2 aliphatic heterocycles. The van der Waals surface area contributed by atoms with E-state index in [0.717, 1.165) is 76.6 Å². The van der Waals surface area contributed by atoms with Crippen LogP contribution in [0.15, 0.2) is 24.3 Å². The number of benzene rings is 1. The molecule has 0 saturated carbocycles. The molecule has 2 fully saturated rings. The fourth-order valence-corrected chi connectivity index (χ4v) is 4.31. The van der Waals surface area contributed by atoms with E-state index in [4.69, 9.17) is 4.74 Å². The number of rotatable bonds is 8. The molecule has 1 N–H and O–H groups in total. The summed E-state index contributed by atoms with van der Waals surface area (Å²) < 4.78 is 5.16. The summed E-state index contributed by atoms with van der Waals surface area (Å²) in [4.78, 5) is 17.1. The second kappa shape index (κ2) is 10.2. The number of methoxy groups -OCH3 is 1. The number of nitrogens with zero attached hydrogens (tertiary/aromatic N) is 2. The molecule has 3 rings (SSSR count). The van der Waals surface area contributed by atoms with Crippen LogP contribution in [0.3, 0.4) is 0 Å². The number of hydrogen-bond acceptors (Lipinski definition) is 4. The third-order valence-electron chi connectivity index (χ3n) is 6.09. The number of carbonyl (C=O) groups is 1. The van der Waals surface area contributed by atoms with E-state index in [9.17, 15) is 4.79 Å². The predicted molar refractivity (Wildman–Crippen MR) is 109 cm³/mol. The van der Waals surface area contributed by atoms with Crippen LogP contribution in [0.5, 0.6) is 0 Å². The lowest BCUT2D eigenvalue weighted by molar-refractivity contribution is 0.0724. The zero-order chi connectivity index (χ0) is 19.1. The molecule has 0 aromatic heterocycles. The van der Waals surface area contributed by atoms with Crippen LogP contribution >= 0.6 is 0 Å². The summed E-state index contributed by atoms with van der Waals surface area (Å²) in [6.45, 7) is 7.15. The molecule has 150 valence electrons. The predicted octanol–water partition coefficient (Wildman–Crippen LogP) is 2.27. The largest absolute Gasteiger partial charge is 0.383 e. The van der Waals surface area contributed by atoms with Crippen molar-refractivity contribution >= 4 is 5.91 Å². The molecule has 1 aromatic rings. The molecule has 0 radical (unpaired) electrons. The molecule has 1 amide bonds. The van der Waals surface area contributed by atoms with E-state index < -0.39 is 0 Å². The van der Waals surface area contributed by atoms with Crippen molar-refractivity contribution in [3.63, 3.8) is 0 Å². The number of nitrogens with one attached hydrogen (secondary N) is 1. The maximum Gasteiger partial charge on any atom is 0.253 e. The van der Waals surface area contributed by atoms with Crippen LogP contribution in [0.2, 0.25) is 0 Å². The molecule has 5 heteroatoms. The topological polar surface area (TPSA) is 44.8 Å². The van der Waals surface area contributed by atoms with Gasteiger partial charge in [-0.3, -0.25) is 4.79 Å². The molecular formula is C22H35N3O2. The quantitative estimate of drug-likeness (QED) is 0.759. The molecular weight excluding hydrogens is 338 g/mol. The molecule has 1 unspecified atom stereocenters. The Morgan fingerprint density at radius 2 is 1.93 bits per heavy atom. The molecule has 2 saturated heterocycles. The summed E-state index contributed by atoms with van der Waals surface area (Å²) in [6.07, 6.45) is 4.69. The highest BCUT2D eigenvalue weighted by Gasteiger charge is 2.22. The Balaban J connectivity index is 1.44. The second-order valence-corrected chi connectivity index (χ2v) is 8.22. The molecule has 0 bridgehead atoms. The fourth-order valence-electron chi connectivity index (χ4n) is 4.31. The van der Waals surface area contributed by atoms with Gasteiger partial charge in [-0.2, -0.15) is 0 Å². The monoisotopic (exact) mass is 373 g/mol. The highest BCUT2D eigenvalue weighted by Crippen LogP contribution is 2.20. The van der Waals surface area contributed by atoms with Gasteiger partial charge in [0.1, 0.15) is 0 Å². The standard InChI is InChI=1S/C22H35N3O2/c1-24(17-19-8-11-25(12-9-19)13-14-27-2)22(26)21-5-3-18(4-6-21)15-20-7-10-23-16-20/h3-6,19-20,23H,7-17H2,1-2H3. The van der Waals surface area contributed by atoms with Crippen LogP contribution in [0.1, 0.15) is 35.2 Å². The minimum atomic E-state index is 0.144. The van der Waals surface area contributed by atoms with E-state index in [2.05, 4.69) is 22.3 Å². The van der Waals surface area contributed by atoms with Crippen LogP contribution < -0.4 is 5.32 Å². The van der Waals surface area contributed by atoms with Crippen LogP contribution in [-0.2, 0) is 11.2 Å². The zero-order valence-electron chi connectivity index (χ0n) is 17.0. The van der Waals surface area contributed by atoms with Crippen molar-refractivity contribution in [2.45, 2.75) is 25.7 Å². The molecule has 1 aromatic carbocycles. The lowest BCUT2D eigenvalue weighted by Gasteiger charge is -2.33. The summed E-state index contributed by atoms with van der Waals surface area (Å²) in [5.41, 5.74) is 2.15. The van der Waals surface area contributed by atoms with E-state index in [-0.39, 0.29) is 5.91 Å². The molecule has 0 aliphatic carbocycles.